The summed E-state index contributed by atoms with van der Waals surface area (Å²) < 4.78 is 0. The Labute approximate surface area is 75.9 Å². The Morgan fingerprint density at radius 3 is 2.42 bits per heavy atom. The minimum atomic E-state index is -0.966. The molecule has 0 aromatic rings. The van der Waals surface area contributed by atoms with Gasteiger partial charge in [0.25, 0.3) is 0 Å². The molecule has 70 valence electrons. The molecule has 5 heteroatoms. The van der Waals surface area contributed by atoms with E-state index >= 15 is 0 Å². The van der Waals surface area contributed by atoms with Crippen LogP contribution in [0.4, 0.5) is 0 Å². The molecule has 12 heavy (non-hydrogen) atoms. The first kappa shape index (κ1) is 11.3. The first-order valence-corrected chi connectivity index (χ1v) is 4.93. The van der Waals surface area contributed by atoms with E-state index in [9.17, 15) is 9.59 Å². The van der Waals surface area contributed by atoms with Crippen LogP contribution in [0.15, 0.2) is 0 Å². The Morgan fingerprint density at radius 2 is 2.08 bits per heavy atom. The second-order valence-electron chi connectivity index (χ2n) is 2.33. The molecule has 0 spiro atoms. The number of thioether (sulfide) groups is 1. The zero-order chi connectivity index (χ0) is 9.56. The number of aliphatic carboxylic acids is 1. The maximum Gasteiger partial charge on any atom is 0.323 e. The predicted molar refractivity (Wildman–Crippen MR) is 48.3 cm³/mol. The van der Waals surface area contributed by atoms with Crippen LogP contribution in [0.1, 0.15) is 6.92 Å². The quantitative estimate of drug-likeness (QED) is 0.678. The number of nitrogens with zero attached hydrogens (tertiary/aromatic N) is 1. The van der Waals surface area contributed by atoms with Crippen molar-refractivity contribution >= 4 is 23.6 Å². The van der Waals surface area contributed by atoms with E-state index < -0.39 is 5.97 Å². The van der Waals surface area contributed by atoms with Gasteiger partial charge in [-0.05, 0) is 6.26 Å². The molecule has 1 amide bonds. The molecular weight excluding hydrogens is 178 g/mol. The van der Waals surface area contributed by atoms with Gasteiger partial charge in [0.2, 0.25) is 5.91 Å². The minimum Gasteiger partial charge on any atom is -0.480 e. The Hall–Kier alpha value is -0.710. The molecule has 1 N–H and O–H groups in total. The van der Waals surface area contributed by atoms with Crippen LogP contribution in [0.5, 0.6) is 0 Å². The molecule has 0 rings (SSSR count). The van der Waals surface area contributed by atoms with Crippen LogP contribution in [0.25, 0.3) is 0 Å². The maximum atomic E-state index is 10.8. The van der Waals surface area contributed by atoms with Gasteiger partial charge in [-0.2, -0.15) is 11.8 Å². The van der Waals surface area contributed by atoms with Crippen LogP contribution < -0.4 is 0 Å². The van der Waals surface area contributed by atoms with E-state index in [-0.39, 0.29) is 12.5 Å². The summed E-state index contributed by atoms with van der Waals surface area (Å²) in [5.74, 6) is -0.384. The highest BCUT2D eigenvalue weighted by Crippen LogP contribution is 1.95. The summed E-state index contributed by atoms with van der Waals surface area (Å²) in [7, 11) is 0. The van der Waals surface area contributed by atoms with Gasteiger partial charge in [-0.3, -0.25) is 9.59 Å². The third kappa shape index (κ3) is 5.01. The summed E-state index contributed by atoms with van der Waals surface area (Å²) in [6.07, 6.45) is 1.92. The lowest BCUT2D eigenvalue weighted by molar-refractivity contribution is -0.143. The zero-order valence-electron chi connectivity index (χ0n) is 7.24. The van der Waals surface area contributed by atoms with Crippen LogP contribution in [-0.4, -0.2) is 47.0 Å². The van der Waals surface area contributed by atoms with Gasteiger partial charge in [-0.15, -0.1) is 0 Å². The molecule has 0 atom stereocenters. The maximum absolute atomic E-state index is 10.8. The van der Waals surface area contributed by atoms with Gasteiger partial charge in [-0.1, -0.05) is 0 Å². The fraction of sp³-hybridized carbons (Fsp3) is 0.714. The van der Waals surface area contributed by atoms with Gasteiger partial charge in [-0.25, -0.2) is 0 Å². The molecule has 0 saturated heterocycles. The lowest BCUT2D eigenvalue weighted by Crippen LogP contribution is -2.35. The number of rotatable bonds is 5. The summed E-state index contributed by atoms with van der Waals surface area (Å²) in [6.45, 7) is 1.68. The van der Waals surface area contributed by atoms with E-state index in [1.54, 1.807) is 11.8 Å². The van der Waals surface area contributed by atoms with Crippen LogP contribution in [0.2, 0.25) is 0 Å². The topological polar surface area (TPSA) is 57.6 Å². The second kappa shape index (κ2) is 5.88. The summed E-state index contributed by atoms with van der Waals surface area (Å²) >= 11 is 1.59. The lowest BCUT2D eigenvalue weighted by atomic mass is 10.4. The second-order valence-corrected chi connectivity index (χ2v) is 3.31. The molecule has 0 aliphatic rings. The lowest BCUT2D eigenvalue weighted by Gasteiger charge is -2.17. The van der Waals surface area contributed by atoms with Crippen LogP contribution in [-0.2, 0) is 9.59 Å². The summed E-state index contributed by atoms with van der Waals surface area (Å²) in [5, 5.41) is 8.43. The molecule has 0 aromatic heterocycles. The molecule has 0 aromatic carbocycles. The van der Waals surface area contributed by atoms with Crippen molar-refractivity contribution in [1.29, 1.82) is 0 Å². The molecule has 4 nitrogen and oxygen atoms in total. The number of amides is 1. The van der Waals surface area contributed by atoms with Crippen molar-refractivity contribution in [1.82, 2.24) is 4.90 Å². The molecule has 0 aliphatic heterocycles. The number of hydrogen-bond acceptors (Lipinski definition) is 3. The van der Waals surface area contributed by atoms with Gasteiger partial charge in [0.15, 0.2) is 0 Å². The summed E-state index contributed by atoms with van der Waals surface area (Å²) in [5.41, 5.74) is 0. The minimum absolute atomic E-state index is 0.188. The summed E-state index contributed by atoms with van der Waals surface area (Å²) in [6, 6.07) is 0. The predicted octanol–water partition coefficient (Wildman–Crippen LogP) is 0.283. The van der Waals surface area contributed by atoms with E-state index in [4.69, 9.17) is 5.11 Å². The van der Waals surface area contributed by atoms with Crippen molar-refractivity contribution in [2.75, 3.05) is 25.1 Å². The Kier molecular flexibility index (Phi) is 5.53. The van der Waals surface area contributed by atoms with Crippen LogP contribution in [0, 0.1) is 0 Å². The van der Waals surface area contributed by atoms with Crippen molar-refractivity contribution in [2.24, 2.45) is 0 Å². The number of carbonyl (C=O) groups is 2. The van der Waals surface area contributed by atoms with Crippen LogP contribution >= 0.6 is 11.8 Å². The summed E-state index contributed by atoms with van der Waals surface area (Å²) in [4.78, 5) is 22.4. The van der Waals surface area contributed by atoms with Crippen molar-refractivity contribution in [2.45, 2.75) is 6.92 Å². The highest BCUT2D eigenvalue weighted by Gasteiger charge is 2.11. The third-order valence-electron chi connectivity index (χ3n) is 1.34. The van der Waals surface area contributed by atoms with Gasteiger partial charge in [0.05, 0.1) is 0 Å². The normalized spacial score (nSPS) is 9.50. The number of hydrogen-bond donors (Lipinski definition) is 1. The largest absolute Gasteiger partial charge is 0.480 e. The first-order valence-electron chi connectivity index (χ1n) is 3.54. The highest BCUT2D eigenvalue weighted by molar-refractivity contribution is 7.98. The van der Waals surface area contributed by atoms with Gasteiger partial charge >= 0.3 is 5.97 Å². The van der Waals surface area contributed by atoms with E-state index in [0.29, 0.717) is 6.54 Å². The Bertz CT molecular complexity index is 172. The van der Waals surface area contributed by atoms with Crippen LogP contribution in [0.3, 0.4) is 0 Å². The molecule has 0 heterocycles. The molecule has 0 radical (unpaired) electrons. The van der Waals surface area contributed by atoms with E-state index in [1.807, 2.05) is 6.26 Å². The standard InChI is InChI=1S/C7H13NO3S/c1-6(9)8(3-4-12-2)5-7(10)11/h3-5H2,1-2H3,(H,10,11). The molecule has 0 fully saturated rings. The smallest absolute Gasteiger partial charge is 0.323 e. The molecular formula is C7H13NO3S. The number of carboxylic acid groups (broad SMARTS) is 1. The van der Waals surface area contributed by atoms with Crippen molar-refractivity contribution in [3.63, 3.8) is 0 Å². The fourth-order valence-corrected chi connectivity index (χ4v) is 1.12. The zero-order valence-corrected chi connectivity index (χ0v) is 8.06. The first-order chi connectivity index (χ1) is 5.57. The van der Waals surface area contributed by atoms with E-state index in [1.165, 1.54) is 11.8 Å². The van der Waals surface area contributed by atoms with Gasteiger partial charge < -0.3 is 10.0 Å². The highest BCUT2D eigenvalue weighted by atomic mass is 32.2. The average molecular weight is 191 g/mol. The SMILES string of the molecule is CSCCN(CC(=O)O)C(C)=O. The average Bonchev–Trinajstić information content (AvgIpc) is 1.96. The fourth-order valence-electron chi connectivity index (χ4n) is 0.713. The number of carboxylic acids is 1. The molecule has 0 aliphatic carbocycles. The monoisotopic (exact) mass is 191 g/mol. The molecule has 0 bridgehead atoms. The van der Waals surface area contributed by atoms with Gasteiger partial charge in [0.1, 0.15) is 6.54 Å². The van der Waals surface area contributed by atoms with E-state index in [2.05, 4.69) is 0 Å². The Balaban J connectivity index is 3.87. The number of carbonyl (C=O) groups excluding carboxylic acids is 1. The van der Waals surface area contributed by atoms with Crippen molar-refractivity contribution < 1.29 is 14.7 Å². The third-order valence-corrected chi connectivity index (χ3v) is 1.93. The van der Waals surface area contributed by atoms with Gasteiger partial charge in [0, 0.05) is 19.2 Å². The van der Waals surface area contributed by atoms with Crippen molar-refractivity contribution in [3.8, 4) is 0 Å². The van der Waals surface area contributed by atoms with E-state index in [0.717, 1.165) is 5.75 Å². The molecule has 0 saturated carbocycles. The Morgan fingerprint density at radius 1 is 1.50 bits per heavy atom. The van der Waals surface area contributed by atoms with Crippen molar-refractivity contribution in [3.05, 3.63) is 0 Å². The molecule has 0 unspecified atom stereocenters.